The molecular weight excluding hydrogens is 454 g/mol. The number of hydrogen-bond donors (Lipinski definition) is 1. The van der Waals surface area contributed by atoms with Crippen molar-refractivity contribution in [2.75, 3.05) is 5.32 Å². The first-order valence-corrected chi connectivity index (χ1v) is 11.5. The van der Waals surface area contributed by atoms with Crippen molar-refractivity contribution in [3.05, 3.63) is 101 Å². The number of halogens is 1. The molecule has 0 saturated heterocycles. The van der Waals surface area contributed by atoms with Crippen molar-refractivity contribution >= 4 is 35.0 Å². The summed E-state index contributed by atoms with van der Waals surface area (Å²) in [6.07, 6.45) is 0.600. The highest BCUT2D eigenvalue weighted by Crippen LogP contribution is 2.28. The number of benzene rings is 3. The van der Waals surface area contributed by atoms with Gasteiger partial charge in [-0.15, -0.1) is 10.2 Å². The number of thioether (sulfide) groups is 1. The molecule has 3 aromatic carbocycles. The Labute approximate surface area is 201 Å². The summed E-state index contributed by atoms with van der Waals surface area (Å²) in [4.78, 5) is 12.8. The van der Waals surface area contributed by atoms with E-state index in [9.17, 15) is 4.79 Å². The standard InChI is InChI=1S/C25H20ClN5OS/c1-17(24(32)28-21-11-7-19(16-27)8-12-21)33-25-30-29-23(15-18-5-3-2-4-6-18)31(25)22-13-9-20(26)10-14-22/h2-14,17H,15H2,1H3,(H,28,32). The van der Waals surface area contributed by atoms with E-state index in [4.69, 9.17) is 16.9 Å². The number of anilines is 1. The third-order valence-corrected chi connectivity index (χ3v) is 6.22. The Bertz CT molecular complexity index is 1280. The van der Waals surface area contributed by atoms with E-state index in [-0.39, 0.29) is 5.91 Å². The summed E-state index contributed by atoms with van der Waals surface area (Å²) in [5, 5.41) is 21.5. The second-order valence-corrected chi connectivity index (χ2v) is 9.06. The summed E-state index contributed by atoms with van der Waals surface area (Å²) in [6, 6.07) is 26.3. The molecule has 164 valence electrons. The van der Waals surface area contributed by atoms with Gasteiger partial charge >= 0.3 is 0 Å². The van der Waals surface area contributed by atoms with Crippen LogP contribution in [0.4, 0.5) is 5.69 Å². The molecule has 0 spiro atoms. The molecule has 1 amide bonds. The highest BCUT2D eigenvalue weighted by atomic mass is 35.5. The average Bonchev–Trinajstić information content (AvgIpc) is 3.22. The van der Waals surface area contributed by atoms with Gasteiger partial charge in [0.2, 0.25) is 5.91 Å². The van der Waals surface area contributed by atoms with Crippen LogP contribution in [0.1, 0.15) is 23.9 Å². The van der Waals surface area contributed by atoms with Crippen LogP contribution in [0.25, 0.3) is 5.69 Å². The van der Waals surface area contributed by atoms with Gasteiger partial charge in [0.1, 0.15) is 5.82 Å². The number of hydrogen-bond acceptors (Lipinski definition) is 5. The molecule has 1 atom stereocenters. The summed E-state index contributed by atoms with van der Waals surface area (Å²) in [6.45, 7) is 1.82. The minimum Gasteiger partial charge on any atom is -0.325 e. The zero-order valence-electron chi connectivity index (χ0n) is 17.8. The Morgan fingerprint density at radius 1 is 1.06 bits per heavy atom. The lowest BCUT2D eigenvalue weighted by molar-refractivity contribution is -0.115. The second-order valence-electron chi connectivity index (χ2n) is 7.31. The summed E-state index contributed by atoms with van der Waals surface area (Å²) in [7, 11) is 0. The maximum absolute atomic E-state index is 12.8. The number of carbonyl (C=O) groups excluding carboxylic acids is 1. The predicted octanol–water partition coefficient (Wildman–Crippen LogP) is 5.50. The molecular formula is C25H20ClN5OS. The fraction of sp³-hybridized carbons (Fsp3) is 0.120. The van der Waals surface area contributed by atoms with E-state index >= 15 is 0 Å². The molecule has 1 N–H and O–H groups in total. The number of nitriles is 1. The van der Waals surface area contributed by atoms with Crippen molar-refractivity contribution in [2.24, 2.45) is 0 Å². The summed E-state index contributed by atoms with van der Waals surface area (Å²) < 4.78 is 1.96. The lowest BCUT2D eigenvalue weighted by Crippen LogP contribution is -2.23. The fourth-order valence-corrected chi connectivity index (χ4v) is 4.22. The van der Waals surface area contributed by atoms with Crippen LogP contribution in [-0.4, -0.2) is 25.9 Å². The summed E-state index contributed by atoms with van der Waals surface area (Å²) >= 11 is 7.42. The monoisotopic (exact) mass is 473 g/mol. The summed E-state index contributed by atoms with van der Waals surface area (Å²) in [5.41, 5.74) is 3.16. The van der Waals surface area contributed by atoms with Gasteiger partial charge in [-0.1, -0.05) is 53.7 Å². The molecule has 0 aliphatic rings. The molecule has 0 fully saturated rings. The van der Waals surface area contributed by atoms with E-state index < -0.39 is 5.25 Å². The van der Waals surface area contributed by atoms with Crippen LogP contribution in [-0.2, 0) is 11.2 Å². The normalized spacial score (nSPS) is 11.5. The lowest BCUT2D eigenvalue weighted by Gasteiger charge is -2.14. The molecule has 0 aliphatic carbocycles. The van der Waals surface area contributed by atoms with Gasteiger partial charge in [-0.3, -0.25) is 9.36 Å². The van der Waals surface area contributed by atoms with Gasteiger partial charge in [0.25, 0.3) is 0 Å². The number of nitrogens with zero attached hydrogens (tertiary/aromatic N) is 4. The fourth-order valence-electron chi connectivity index (χ4n) is 3.20. The first kappa shape index (κ1) is 22.6. The molecule has 0 radical (unpaired) electrons. The van der Waals surface area contributed by atoms with Crippen molar-refractivity contribution < 1.29 is 4.79 Å². The van der Waals surface area contributed by atoms with Gasteiger partial charge in [-0.25, -0.2) is 0 Å². The van der Waals surface area contributed by atoms with Gasteiger partial charge in [0, 0.05) is 22.8 Å². The second kappa shape index (κ2) is 10.3. The largest absolute Gasteiger partial charge is 0.325 e. The van der Waals surface area contributed by atoms with Crippen LogP contribution in [0.15, 0.2) is 84.0 Å². The van der Waals surface area contributed by atoms with Crippen molar-refractivity contribution in [2.45, 2.75) is 23.8 Å². The Morgan fingerprint density at radius 2 is 1.76 bits per heavy atom. The van der Waals surface area contributed by atoms with Crippen LogP contribution in [0.2, 0.25) is 5.02 Å². The molecule has 8 heteroatoms. The Morgan fingerprint density at radius 3 is 2.42 bits per heavy atom. The van der Waals surface area contributed by atoms with E-state index in [1.807, 2.05) is 66.1 Å². The SMILES string of the molecule is CC(Sc1nnc(Cc2ccccc2)n1-c1ccc(Cl)cc1)C(=O)Nc1ccc(C#N)cc1. The number of nitrogens with one attached hydrogen (secondary N) is 1. The molecule has 1 unspecified atom stereocenters. The Balaban J connectivity index is 1.57. The van der Waals surface area contributed by atoms with E-state index in [0.717, 1.165) is 17.1 Å². The number of aromatic nitrogens is 3. The minimum atomic E-state index is -0.430. The van der Waals surface area contributed by atoms with E-state index in [0.29, 0.717) is 27.9 Å². The van der Waals surface area contributed by atoms with Crippen LogP contribution < -0.4 is 5.32 Å². The quantitative estimate of drug-likeness (QED) is 0.358. The molecule has 0 bridgehead atoms. The molecule has 33 heavy (non-hydrogen) atoms. The van der Waals surface area contributed by atoms with Gasteiger partial charge in [0.15, 0.2) is 5.16 Å². The number of rotatable bonds is 7. The summed E-state index contributed by atoms with van der Waals surface area (Å²) in [5.74, 6) is 0.602. The van der Waals surface area contributed by atoms with E-state index in [1.54, 1.807) is 24.3 Å². The molecule has 1 aromatic heterocycles. The van der Waals surface area contributed by atoms with Crippen LogP contribution in [0, 0.1) is 11.3 Å². The predicted molar refractivity (Wildman–Crippen MR) is 131 cm³/mol. The Hall–Kier alpha value is -3.60. The molecule has 4 rings (SSSR count). The van der Waals surface area contributed by atoms with Crippen LogP contribution in [0.5, 0.6) is 0 Å². The number of amides is 1. The third kappa shape index (κ3) is 5.61. The smallest absolute Gasteiger partial charge is 0.237 e. The van der Waals surface area contributed by atoms with Crippen molar-refractivity contribution in [1.29, 1.82) is 5.26 Å². The van der Waals surface area contributed by atoms with Crippen LogP contribution >= 0.6 is 23.4 Å². The molecule has 4 aromatic rings. The van der Waals surface area contributed by atoms with E-state index in [1.165, 1.54) is 11.8 Å². The zero-order valence-corrected chi connectivity index (χ0v) is 19.3. The highest BCUT2D eigenvalue weighted by molar-refractivity contribution is 8.00. The van der Waals surface area contributed by atoms with Gasteiger partial charge in [0.05, 0.1) is 16.9 Å². The van der Waals surface area contributed by atoms with Crippen molar-refractivity contribution in [1.82, 2.24) is 14.8 Å². The molecule has 0 aliphatic heterocycles. The van der Waals surface area contributed by atoms with Gasteiger partial charge in [-0.05, 0) is 61.0 Å². The highest BCUT2D eigenvalue weighted by Gasteiger charge is 2.21. The zero-order chi connectivity index (χ0) is 23.2. The van der Waals surface area contributed by atoms with Gasteiger partial charge < -0.3 is 5.32 Å². The first-order valence-electron chi connectivity index (χ1n) is 10.3. The third-order valence-electron chi connectivity index (χ3n) is 4.92. The minimum absolute atomic E-state index is 0.167. The first-order chi connectivity index (χ1) is 16.0. The van der Waals surface area contributed by atoms with E-state index in [2.05, 4.69) is 21.6 Å². The molecule has 1 heterocycles. The lowest BCUT2D eigenvalue weighted by atomic mass is 10.1. The average molecular weight is 474 g/mol. The maximum atomic E-state index is 12.8. The molecule has 0 saturated carbocycles. The Kier molecular flexibility index (Phi) is 7.08. The number of carbonyl (C=O) groups is 1. The van der Waals surface area contributed by atoms with Gasteiger partial charge in [-0.2, -0.15) is 5.26 Å². The van der Waals surface area contributed by atoms with Crippen molar-refractivity contribution in [3.63, 3.8) is 0 Å². The van der Waals surface area contributed by atoms with Crippen LogP contribution in [0.3, 0.4) is 0 Å². The molecule has 6 nitrogen and oxygen atoms in total. The van der Waals surface area contributed by atoms with Crippen molar-refractivity contribution in [3.8, 4) is 11.8 Å². The topological polar surface area (TPSA) is 83.6 Å². The maximum Gasteiger partial charge on any atom is 0.237 e.